The monoisotopic (exact) mass is 365 g/mol. The molecule has 0 spiro atoms. The minimum Gasteiger partial charge on any atom is -0.422 e. The molecule has 3 rings (SSSR count). The molecular weight excluding hydrogens is 342 g/mol. The number of aryl methyl sites for hydroxylation is 2. The second-order valence-corrected chi connectivity index (χ2v) is 6.73. The summed E-state index contributed by atoms with van der Waals surface area (Å²) < 4.78 is 11.0. The number of benzene rings is 2. The fraction of sp³-hybridized carbons (Fsp3) is 0.273. The number of hydrogen-bond donors (Lipinski definition) is 0. The highest BCUT2D eigenvalue weighted by molar-refractivity contribution is 5.84. The Morgan fingerprint density at radius 3 is 2.48 bits per heavy atom. The van der Waals surface area contributed by atoms with Gasteiger partial charge in [0.15, 0.2) is 0 Å². The van der Waals surface area contributed by atoms with Gasteiger partial charge in [-0.1, -0.05) is 37.3 Å². The van der Waals surface area contributed by atoms with Crippen molar-refractivity contribution in [2.75, 3.05) is 14.1 Å². The highest BCUT2D eigenvalue weighted by atomic mass is 16.6. The topological polar surface area (TPSA) is 59.8 Å². The quantitative estimate of drug-likeness (QED) is 0.646. The number of amides is 1. The van der Waals surface area contributed by atoms with Gasteiger partial charge < -0.3 is 14.1 Å². The molecule has 0 radical (unpaired) electrons. The smallest absolute Gasteiger partial charge is 0.414 e. The zero-order valence-electron chi connectivity index (χ0n) is 16.0. The molecule has 1 amide bonds. The van der Waals surface area contributed by atoms with E-state index < -0.39 is 6.09 Å². The van der Waals surface area contributed by atoms with E-state index in [2.05, 4.69) is 0 Å². The van der Waals surface area contributed by atoms with Gasteiger partial charge in [0, 0.05) is 37.5 Å². The van der Waals surface area contributed by atoms with E-state index in [-0.39, 0.29) is 5.63 Å². The van der Waals surface area contributed by atoms with Gasteiger partial charge in [0.1, 0.15) is 11.3 Å². The SMILES string of the molecule is CCc1cc2c(C)c(Cc3ccccc3)c(=O)oc2cc1OC(=O)N(C)C. The second kappa shape index (κ2) is 7.66. The van der Waals surface area contributed by atoms with Gasteiger partial charge in [-0.05, 0) is 36.1 Å². The third-order valence-electron chi connectivity index (χ3n) is 4.64. The normalized spacial score (nSPS) is 10.8. The van der Waals surface area contributed by atoms with Crippen molar-refractivity contribution < 1.29 is 13.9 Å². The van der Waals surface area contributed by atoms with Gasteiger partial charge in [0.2, 0.25) is 0 Å². The van der Waals surface area contributed by atoms with Crippen LogP contribution in [-0.4, -0.2) is 25.1 Å². The van der Waals surface area contributed by atoms with Crippen molar-refractivity contribution in [3.63, 3.8) is 0 Å². The van der Waals surface area contributed by atoms with E-state index in [1.54, 1.807) is 20.2 Å². The molecule has 5 heteroatoms. The Hall–Kier alpha value is -3.08. The highest BCUT2D eigenvalue weighted by Gasteiger charge is 2.17. The highest BCUT2D eigenvalue weighted by Crippen LogP contribution is 2.29. The first-order valence-electron chi connectivity index (χ1n) is 8.93. The van der Waals surface area contributed by atoms with Crippen LogP contribution in [0.15, 0.2) is 51.7 Å². The molecule has 1 aromatic heterocycles. The molecule has 27 heavy (non-hydrogen) atoms. The molecule has 0 saturated heterocycles. The molecule has 3 aromatic rings. The van der Waals surface area contributed by atoms with Crippen molar-refractivity contribution in [1.82, 2.24) is 4.90 Å². The number of hydrogen-bond acceptors (Lipinski definition) is 4. The largest absolute Gasteiger partial charge is 0.422 e. The molecule has 0 bridgehead atoms. The van der Waals surface area contributed by atoms with E-state index in [0.717, 1.165) is 22.1 Å². The number of carbonyl (C=O) groups excluding carboxylic acids is 1. The Balaban J connectivity index is 2.10. The molecule has 0 N–H and O–H groups in total. The van der Waals surface area contributed by atoms with Crippen LogP contribution in [0.25, 0.3) is 11.0 Å². The molecule has 0 aliphatic carbocycles. The molecule has 5 nitrogen and oxygen atoms in total. The number of carbonyl (C=O) groups is 1. The zero-order chi connectivity index (χ0) is 19.6. The molecule has 0 saturated carbocycles. The summed E-state index contributed by atoms with van der Waals surface area (Å²) in [7, 11) is 3.24. The summed E-state index contributed by atoms with van der Waals surface area (Å²) in [5.41, 5.74) is 3.55. The van der Waals surface area contributed by atoms with Gasteiger partial charge in [-0.2, -0.15) is 0 Å². The summed E-state index contributed by atoms with van der Waals surface area (Å²) >= 11 is 0. The predicted octanol–water partition coefficient (Wildman–Crippen LogP) is 4.32. The summed E-state index contributed by atoms with van der Waals surface area (Å²) in [6, 6.07) is 13.4. The molecule has 0 unspecified atom stereocenters. The Morgan fingerprint density at radius 1 is 1.15 bits per heavy atom. The van der Waals surface area contributed by atoms with E-state index in [4.69, 9.17) is 9.15 Å². The molecule has 1 heterocycles. The second-order valence-electron chi connectivity index (χ2n) is 6.73. The molecule has 140 valence electrons. The van der Waals surface area contributed by atoms with Gasteiger partial charge in [-0.25, -0.2) is 9.59 Å². The summed E-state index contributed by atoms with van der Waals surface area (Å²) in [5, 5.41) is 0.863. The molecule has 0 aliphatic rings. The van der Waals surface area contributed by atoms with Crippen molar-refractivity contribution in [1.29, 1.82) is 0 Å². The third-order valence-corrected chi connectivity index (χ3v) is 4.64. The van der Waals surface area contributed by atoms with Crippen molar-refractivity contribution in [2.24, 2.45) is 0 Å². The zero-order valence-corrected chi connectivity index (χ0v) is 16.0. The Morgan fingerprint density at radius 2 is 1.85 bits per heavy atom. The van der Waals surface area contributed by atoms with Crippen LogP contribution in [0, 0.1) is 6.92 Å². The van der Waals surface area contributed by atoms with Crippen LogP contribution in [0.4, 0.5) is 4.79 Å². The average Bonchev–Trinajstić information content (AvgIpc) is 2.65. The van der Waals surface area contributed by atoms with Crippen LogP contribution in [0.5, 0.6) is 5.75 Å². The summed E-state index contributed by atoms with van der Waals surface area (Å²) in [4.78, 5) is 25.8. The predicted molar refractivity (Wildman–Crippen MR) is 106 cm³/mol. The number of fused-ring (bicyclic) bond motifs is 1. The number of ether oxygens (including phenoxy) is 1. The Bertz CT molecular complexity index is 1040. The van der Waals surface area contributed by atoms with Gasteiger partial charge in [0.25, 0.3) is 0 Å². The van der Waals surface area contributed by atoms with Crippen LogP contribution in [0.3, 0.4) is 0 Å². The molecule has 0 aliphatic heterocycles. The van der Waals surface area contributed by atoms with E-state index in [9.17, 15) is 9.59 Å². The lowest BCUT2D eigenvalue weighted by Gasteiger charge is -2.15. The lowest BCUT2D eigenvalue weighted by Crippen LogP contribution is -2.25. The minimum absolute atomic E-state index is 0.363. The maximum atomic E-state index is 12.6. The van der Waals surface area contributed by atoms with Crippen molar-refractivity contribution in [3.8, 4) is 5.75 Å². The fourth-order valence-electron chi connectivity index (χ4n) is 3.02. The van der Waals surface area contributed by atoms with Gasteiger partial charge in [0.05, 0.1) is 0 Å². The van der Waals surface area contributed by atoms with Gasteiger partial charge in [-0.15, -0.1) is 0 Å². The van der Waals surface area contributed by atoms with E-state index in [0.29, 0.717) is 29.7 Å². The first-order valence-corrected chi connectivity index (χ1v) is 8.93. The van der Waals surface area contributed by atoms with Crippen LogP contribution < -0.4 is 10.4 Å². The lowest BCUT2D eigenvalue weighted by atomic mass is 9.98. The van der Waals surface area contributed by atoms with E-state index in [1.165, 1.54) is 4.90 Å². The number of rotatable bonds is 4. The Kier molecular flexibility index (Phi) is 5.31. The van der Waals surface area contributed by atoms with Crippen molar-refractivity contribution in [3.05, 3.63) is 75.1 Å². The third kappa shape index (κ3) is 3.87. The van der Waals surface area contributed by atoms with Gasteiger partial charge >= 0.3 is 11.7 Å². The lowest BCUT2D eigenvalue weighted by molar-refractivity contribution is 0.171. The summed E-state index contributed by atoms with van der Waals surface area (Å²) in [6.45, 7) is 3.93. The average molecular weight is 365 g/mol. The van der Waals surface area contributed by atoms with Crippen LogP contribution in [0.1, 0.15) is 29.2 Å². The summed E-state index contributed by atoms with van der Waals surface area (Å²) in [5.74, 6) is 0.419. The van der Waals surface area contributed by atoms with Crippen molar-refractivity contribution in [2.45, 2.75) is 26.7 Å². The molecular formula is C22H23NO4. The molecule has 0 fully saturated rings. The maximum Gasteiger partial charge on any atom is 0.414 e. The Labute approximate surface area is 158 Å². The van der Waals surface area contributed by atoms with Crippen LogP contribution in [-0.2, 0) is 12.8 Å². The first kappa shape index (κ1) is 18.7. The maximum absolute atomic E-state index is 12.6. The number of nitrogens with zero attached hydrogens (tertiary/aromatic N) is 1. The van der Waals surface area contributed by atoms with Crippen LogP contribution in [0.2, 0.25) is 0 Å². The van der Waals surface area contributed by atoms with E-state index in [1.807, 2.05) is 50.2 Å². The van der Waals surface area contributed by atoms with Gasteiger partial charge in [-0.3, -0.25) is 0 Å². The first-order chi connectivity index (χ1) is 12.9. The van der Waals surface area contributed by atoms with Crippen molar-refractivity contribution >= 4 is 17.1 Å². The fourth-order valence-corrected chi connectivity index (χ4v) is 3.02. The molecule has 2 aromatic carbocycles. The summed E-state index contributed by atoms with van der Waals surface area (Å²) in [6.07, 6.45) is 0.742. The standard InChI is InChI=1S/C22H23NO4/c1-5-16-12-17-14(2)18(11-15-9-7-6-8-10-15)21(24)26-20(17)13-19(16)27-22(25)23(3)4/h6-10,12-13H,5,11H2,1-4H3. The van der Waals surface area contributed by atoms with E-state index >= 15 is 0 Å². The van der Waals surface area contributed by atoms with Crippen LogP contribution >= 0.6 is 0 Å². The molecule has 0 atom stereocenters. The minimum atomic E-state index is -0.469.